The van der Waals surface area contributed by atoms with Gasteiger partial charge < -0.3 is 9.80 Å². The average molecular weight is 376 g/mol. The van der Waals surface area contributed by atoms with Gasteiger partial charge in [0.05, 0.1) is 12.0 Å². The Morgan fingerprint density at radius 3 is 1.93 bits per heavy atom. The molecule has 0 unspecified atom stereocenters. The second-order valence-electron chi connectivity index (χ2n) is 6.41. The number of alkyl halides is 3. The van der Waals surface area contributed by atoms with Crippen LogP contribution in [-0.2, 0) is 17.4 Å². The summed E-state index contributed by atoms with van der Waals surface area (Å²) in [5.41, 5.74) is 0.421. The Kier molecular flexibility index (Phi) is 5.48. The monoisotopic (exact) mass is 376 g/mol. The number of carbonyl (C=O) groups is 2. The van der Waals surface area contributed by atoms with Gasteiger partial charge in [-0.2, -0.15) is 13.2 Å². The minimum atomic E-state index is -4.38. The van der Waals surface area contributed by atoms with E-state index in [0.29, 0.717) is 37.3 Å². The van der Waals surface area contributed by atoms with Crippen LogP contribution >= 0.6 is 0 Å². The molecule has 3 rings (SSSR count). The normalized spacial score (nSPS) is 14.9. The highest BCUT2D eigenvalue weighted by molar-refractivity contribution is 5.94. The van der Waals surface area contributed by atoms with E-state index in [1.165, 1.54) is 12.1 Å². The lowest BCUT2D eigenvalue weighted by molar-refractivity contribution is -0.137. The molecule has 4 nitrogen and oxygen atoms in total. The summed E-state index contributed by atoms with van der Waals surface area (Å²) in [6.45, 7) is 1.70. The fourth-order valence-electron chi connectivity index (χ4n) is 3.02. The van der Waals surface area contributed by atoms with Crippen LogP contribution in [0, 0.1) is 0 Å². The van der Waals surface area contributed by atoms with E-state index in [-0.39, 0.29) is 18.2 Å². The highest BCUT2D eigenvalue weighted by atomic mass is 19.4. The van der Waals surface area contributed by atoms with Gasteiger partial charge in [0, 0.05) is 31.7 Å². The van der Waals surface area contributed by atoms with Crippen LogP contribution in [0.25, 0.3) is 0 Å². The van der Waals surface area contributed by atoms with Crippen LogP contribution in [0.5, 0.6) is 0 Å². The zero-order valence-corrected chi connectivity index (χ0v) is 14.6. The lowest BCUT2D eigenvalue weighted by Gasteiger charge is -2.35. The van der Waals surface area contributed by atoms with Crippen LogP contribution in [0.3, 0.4) is 0 Å². The summed E-state index contributed by atoms with van der Waals surface area (Å²) >= 11 is 0. The molecule has 1 fully saturated rings. The summed E-state index contributed by atoms with van der Waals surface area (Å²) in [5.74, 6) is -0.216. The number of halogens is 3. The Balaban J connectivity index is 1.53. The van der Waals surface area contributed by atoms with Crippen molar-refractivity contribution in [2.75, 3.05) is 26.2 Å². The summed E-state index contributed by atoms with van der Waals surface area (Å²) in [4.78, 5) is 28.2. The quantitative estimate of drug-likeness (QED) is 0.825. The Morgan fingerprint density at radius 1 is 0.815 bits per heavy atom. The third-order valence-corrected chi connectivity index (χ3v) is 4.58. The Labute approximate surface area is 155 Å². The zero-order valence-electron chi connectivity index (χ0n) is 14.6. The summed E-state index contributed by atoms with van der Waals surface area (Å²) in [5, 5.41) is 0. The third kappa shape index (κ3) is 4.67. The van der Waals surface area contributed by atoms with Crippen molar-refractivity contribution in [3.8, 4) is 0 Å². The van der Waals surface area contributed by atoms with E-state index in [9.17, 15) is 22.8 Å². The minimum absolute atomic E-state index is 0.0464. The molecule has 1 aliphatic heterocycles. The summed E-state index contributed by atoms with van der Waals surface area (Å²) in [6, 6.07) is 13.6. The van der Waals surface area contributed by atoms with E-state index in [2.05, 4.69) is 0 Å². The Morgan fingerprint density at radius 2 is 1.37 bits per heavy atom. The van der Waals surface area contributed by atoms with E-state index in [1.54, 1.807) is 34.1 Å². The molecule has 0 aliphatic carbocycles. The van der Waals surface area contributed by atoms with Crippen molar-refractivity contribution in [2.45, 2.75) is 12.6 Å². The number of rotatable bonds is 3. The van der Waals surface area contributed by atoms with Crippen molar-refractivity contribution < 1.29 is 22.8 Å². The maximum Gasteiger partial charge on any atom is 0.416 e. The van der Waals surface area contributed by atoms with Crippen molar-refractivity contribution in [3.05, 3.63) is 71.3 Å². The van der Waals surface area contributed by atoms with Gasteiger partial charge >= 0.3 is 6.18 Å². The number of piperazine rings is 1. The van der Waals surface area contributed by atoms with Crippen LogP contribution < -0.4 is 0 Å². The second-order valence-corrected chi connectivity index (χ2v) is 6.41. The van der Waals surface area contributed by atoms with Crippen molar-refractivity contribution >= 4 is 11.8 Å². The number of benzene rings is 2. The first kappa shape index (κ1) is 18.9. The summed E-state index contributed by atoms with van der Waals surface area (Å²) in [7, 11) is 0. The molecular weight excluding hydrogens is 357 g/mol. The molecule has 1 aliphatic rings. The standard InChI is InChI=1S/C20H19F3N2O2/c21-20(22,23)17-8-6-15(7-9-17)14-18(26)24-10-12-25(13-11-24)19(27)16-4-2-1-3-5-16/h1-9H,10-14H2. The van der Waals surface area contributed by atoms with Crippen molar-refractivity contribution in [2.24, 2.45) is 0 Å². The van der Waals surface area contributed by atoms with Crippen LogP contribution in [0.1, 0.15) is 21.5 Å². The second kappa shape index (κ2) is 7.82. The fraction of sp³-hybridized carbons (Fsp3) is 0.300. The molecule has 0 aromatic heterocycles. The molecule has 0 spiro atoms. The SMILES string of the molecule is O=C(Cc1ccc(C(F)(F)F)cc1)N1CCN(C(=O)c2ccccc2)CC1. The molecule has 2 aromatic rings. The van der Waals surface area contributed by atoms with Gasteiger partial charge in [0.25, 0.3) is 5.91 Å². The molecular formula is C20H19F3N2O2. The minimum Gasteiger partial charge on any atom is -0.339 e. The topological polar surface area (TPSA) is 40.6 Å². The van der Waals surface area contributed by atoms with Crippen molar-refractivity contribution in [1.29, 1.82) is 0 Å². The van der Waals surface area contributed by atoms with Gasteiger partial charge in [-0.05, 0) is 29.8 Å². The molecule has 2 amide bonds. The Bertz CT molecular complexity index is 796. The van der Waals surface area contributed by atoms with Gasteiger partial charge in [-0.15, -0.1) is 0 Å². The smallest absolute Gasteiger partial charge is 0.339 e. The lowest BCUT2D eigenvalue weighted by Crippen LogP contribution is -2.51. The van der Waals surface area contributed by atoms with E-state index < -0.39 is 11.7 Å². The van der Waals surface area contributed by atoms with Gasteiger partial charge in [-0.1, -0.05) is 30.3 Å². The van der Waals surface area contributed by atoms with Gasteiger partial charge in [0.2, 0.25) is 5.91 Å². The summed E-state index contributed by atoms with van der Waals surface area (Å²) < 4.78 is 37.8. The van der Waals surface area contributed by atoms with Gasteiger partial charge in [0.15, 0.2) is 0 Å². The number of carbonyl (C=O) groups excluding carboxylic acids is 2. The highest BCUT2D eigenvalue weighted by Gasteiger charge is 2.30. The zero-order chi connectivity index (χ0) is 19.4. The van der Waals surface area contributed by atoms with Crippen molar-refractivity contribution in [1.82, 2.24) is 9.80 Å². The number of amides is 2. The van der Waals surface area contributed by atoms with E-state index >= 15 is 0 Å². The molecule has 1 saturated heterocycles. The molecule has 2 aromatic carbocycles. The van der Waals surface area contributed by atoms with Gasteiger partial charge in [0.1, 0.15) is 0 Å². The molecule has 0 bridgehead atoms. The van der Waals surface area contributed by atoms with Gasteiger partial charge in [-0.3, -0.25) is 9.59 Å². The number of nitrogens with zero attached hydrogens (tertiary/aromatic N) is 2. The molecule has 0 N–H and O–H groups in total. The molecule has 0 radical (unpaired) electrons. The van der Waals surface area contributed by atoms with E-state index in [4.69, 9.17) is 0 Å². The van der Waals surface area contributed by atoms with Crippen LogP contribution in [0.15, 0.2) is 54.6 Å². The predicted molar refractivity (Wildman–Crippen MR) is 94.1 cm³/mol. The van der Waals surface area contributed by atoms with Crippen LogP contribution in [-0.4, -0.2) is 47.8 Å². The van der Waals surface area contributed by atoms with Crippen molar-refractivity contribution in [3.63, 3.8) is 0 Å². The van der Waals surface area contributed by atoms with E-state index in [1.807, 2.05) is 6.07 Å². The molecule has 0 atom stereocenters. The molecule has 142 valence electrons. The molecule has 0 saturated carbocycles. The fourth-order valence-corrected chi connectivity index (χ4v) is 3.02. The first-order valence-corrected chi connectivity index (χ1v) is 8.63. The lowest BCUT2D eigenvalue weighted by atomic mass is 10.1. The maximum absolute atomic E-state index is 12.6. The summed E-state index contributed by atoms with van der Waals surface area (Å²) in [6.07, 6.45) is -4.34. The largest absolute Gasteiger partial charge is 0.416 e. The maximum atomic E-state index is 12.6. The first-order chi connectivity index (χ1) is 12.8. The molecule has 1 heterocycles. The third-order valence-electron chi connectivity index (χ3n) is 4.58. The van der Waals surface area contributed by atoms with E-state index in [0.717, 1.165) is 12.1 Å². The highest BCUT2D eigenvalue weighted by Crippen LogP contribution is 2.29. The average Bonchev–Trinajstić information content (AvgIpc) is 2.68. The number of hydrogen-bond acceptors (Lipinski definition) is 2. The first-order valence-electron chi connectivity index (χ1n) is 8.63. The van der Waals surface area contributed by atoms with Gasteiger partial charge in [-0.25, -0.2) is 0 Å². The molecule has 27 heavy (non-hydrogen) atoms. The van der Waals surface area contributed by atoms with Crippen LogP contribution in [0.4, 0.5) is 13.2 Å². The number of hydrogen-bond donors (Lipinski definition) is 0. The Hall–Kier alpha value is -2.83. The molecule has 7 heteroatoms. The van der Waals surface area contributed by atoms with Crippen LogP contribution in [0.2, 0.25) is 0 Å². The predicted octanol–water partition coefficient (Wildman–Crippen LogP) is 3.23.